The lowest BCUT2D eigenvalue weighted by Crippen LogP contribution is -2.42. The average molecular weight is 553 g/mol. The smallest absolute Gasteiger partial charge is 0.257 e. The zero-order valence-electron chi connectivity index (χ0n) is 17.5. The number of hydrogen-bond acceptors (Lipinski definition) is 3. The fourth-order valence-corrected chi connectivity index (χ4v) is 4.24. The van der Waals surface area contributed by atoms with Crippen LogP contribution >= 0.6 is 34.8 Å². The molecule has 0 aliphatic heterocycles. The molecule has 13 heteroatoms. The molecule has 1 atom stereocenters. The van der Waals surface area contributed by atoms with Gasteiger partial charge in [0.1, 0.15) is 15.8 Å². The summed E-state index contributed by atoms with van der Waals surface area (Å²) in [6, 6.07) is 5.71. The topological polar surface area (TPSA) is 87.3 Å². The molecule has 3 N–H and O–H groups in total. The average Bonchev–Trinajstić information content (AvgIpc) is 3.40. The van der Waals surface area contributed by atoms with Gasteiger partial charge in [-0.3, -0.25) is 14.4 Å². The highest BCUT2D eigenvalue weighted by atomic mass is 35.5. The van der Waals surface area contributed by atoms with E-state index in [1.165, 1.54) is 18.2 Å². The van der Waals surface area contributed by atoms with Crippen LogP contribution in [-0.2, 0) is 9.59 Å². The van der Waals surface area contributed by atoms with Crippen molar-refractivity contribution in [1.82, 2.24) is 0 Å². The van der Waals surface area contributed by atoms with Crippen LogP contribution in [0.2, 0.25) is 5.02 Å². The van der Waals surface area contributed by atoms with E-state index in [0.29, 0.717) is 0 Å². The minimum Gasteiger partial charge on any atom is -0.326 e. The van der Waals surface area contributed by atoms with E-state index >= 15 is 0 Å². The van der Waals surface area contributed by atoms with Crippen molar-refractivity contribution in [2.75, 3.05) is 16.0 Å². The van der Waals surface area contributed by atoms with Gasteiger partial charge in [-0.25, -0.2) is 17.6 Å². The van der Waals surface area contributed by atoms with Crippen LogP contribution in [-0.4, -0.2) is 28.0 Å². The third-order valence-corrected chi connectivity index (χ3v) is 6.83. The fraction of sp³-hybridized carbons (Fsp3) is 0.318. The maximum Gasteiger partial charge on any atom is 0.257 e. The van der Waals surface area contributed by atoms with Crippen molar-refractivity contribution in [1.29, 1.82) is 0 Å². The summed E-state index contributed by atoms with van der Waals surface area (Å²) in [5.74, 6) is -9.48. The molecule has 2 saturated carbocycles. The first-order chi connectivity index (χ1) is 16.3. The monoisotopic (exact) mass is 551 g/mol. The molecule has 2 aromatic carbocycles. The largest absolute Gasteiger partial charge is 0.326 e. The van der Waals surface area contributed by atoms with Crippen LogP contribution < -0.4 is 16.0 Å². The number of amides is 3. The normalized spacial score (nSPS) is 19.9. The van der Waals surface area contributed by atoms with Gasteiger partial charge >= 0.3 is 0 Å². The van der Waals surface area contributed by atoms with E-state index in [1.807, 2.05) is 5.32 Å². The van der Waals surface area contributed by atoms with Crippen molar-refractivity contribution in [3.8, 4) is 0 Å². The molecule has 2 aromatic rings. The van der Waals surface area contributed by atoms with Crippen molar-refractivity contribution in [3.05, 3.63) is 52.6 Å². The first kappa shape index (κ1) is 25.5. The van der Waals surface area contributed by atoms with E-state index in [9.17, 15) is 31.9 Å². The molecule has 4 rings (SSSR count). The molecule has 2 fully saturated rings. The van der Waals surface area contributed by atoms with Crippen molar-refractivity contribution in [2.45, 2.75) is 29.5 Å². The maximum absolute atomic E-state index is 14.9. The molecular formula is C22H16Cl3F4N3O3. The molecule has 2 aliphatic rings. The molecule has 3 amide bonds. The van der Waals surface area contributed by atoms with Crippen LogP contribution in [0.4, 0.5) is 34.6 Å². The van der Waals surface area contributed by atoms with Gasteiger partial charge in [0.15, 0.2) is 5.82 Å². The number of hydrogen-bond donors (Lipinski definition) is 3. The second kappa shape index (κ2) is 9.15. The highest BCUT2D eigenvalue weighted by Crippen LogP contribution is 2.53. The highest BCUT2D eigenvalue weighted by molar-refractivity contribution is 6.52. The molecule has 0 saturated heterocycles. The number of carbonyl (C=O) groups excluding carboxylic acids is 3. The predicted molar refractivity (Wildman–Crippen MR) is 123 cm³/mol. The Hall–Kier alpha value is -2.56. The number of halogens is 7. The zero-order valence-corrected chi connectivity index (χ0v) is 19.8. The molecule has 0 bridgehead atoms. The lowest BCUT2D eigenvalue weighted by Gasteiger charge is -2.33. The van der Waals surface area contributed by atoms with Gasteiger partial charge in [-0.15, -0.1) is 23.2 Å². The molecule has 0 spiro atoms. The Kier molecular flexibility index (Phi) is 6.67. The Morgan fingerprint density at radius 2 is 1.57 bits per heavy atom. The minimum absolute atomic E-state index is 0.0297. The summed E-state index contributed by atoms with van der Waals surface area (Å²) in [4.78, 5) is 37.0. The van der Waals surface area contributed by atoms with E-state index in [-0.39, 0.29) is 22.7 Å². The summed E-state index contributed by atoms with van der Waals surface area (Å²) in [6.07, 6.45) is -1.17. The van der Waals surface area contributed by atoms with Crippen LogP contribution in [0.1, 0.15) is 29.6 Å². The van der Waals surface area contributed by atoms with Crippen LogP contribution in [0, 0.1) is 23.5 Å². The van der Waals surface area contributed by atoms with Gasteiger partial charge in [0.05, 0.1) is 22.2 Å². The minimum atomic E-state index is -2.99. The number of rotatable bonds is 6. The Balaban J connectivity index is 1.48. The SMILES string of the molecule is O=C(Nc1ccc(F)c(NC(=O)C2CC(F)(F)C2)c1F)c1cc(NC(=O)C2CC2(Cl)Cl)ccc1Cl. The van der Waals surface area contributed by atoms with Crippen molar-refractivity contribution >= 4 is 69.6 Å². The molecular weight excluding hydrogens is 537 g/mol. The molecule has 6 nitrogen and oxygen atoms in total. The summed E-state index contributed by atoms with van der Waals surface area (Å²) in [5, 5.41) is 6.71. The molecule has 0 heterocycles. The standard InChI is InChI=1S/C22H16Cl3F4N3O3/c23-13-2-1-10(30-20(35)12-8-22(12,24)25)5-11(13)19(34)31-15-4-3-14(26)17(16(15)27)32-18(33)9-6-21(28,29)7-9/h1-5,9,12H,6-8H2,(H,30,35)(H,31,34)(H,32,33). The first-order valence-electron chi connectivity index (χ1n) is 10.2. The number of benzene rings is 2. The molecule has 0 radical (unpaired) electrons. The Morgan fingerprint density at radius 3 is 2.17 bits per heavy atom. The van der Waals surface area contributed by atoms with Crippen LogP contribution in [0.25, 0.3) is 0 Å². The van der Waals surface area contributed by atoms with Crippen LogP contribution in [0.5, 0.6) is 0 Å². The Labute approximate surface area is 211 Å². The van der Waals surface area contributed by atoms with Crippen LogP contribution in [0.3, 0.4) is 0 Å². The van der Waals surface area contributed by atoms with Crippen molar-refractivity contribution < 1.29 is 31.9 Å². The number of anilines is 3. The van der Waals surface area contributed by atoms with Gasteiger partial charge < -0.3 is 16.0 Å². The Bertz CT molecular complexity index is 1230. The van der Waals surface area contributed by atoms with E-state index in [4.69, 9.17) is 34.8 Å². The molecule has 2 aliphatic carbocycles. The van der Waals surface area contributed by atoms with Crippen molar-refractivity contribution in [2.24, 2.45) is 11.8 Å². The molecule has 35 heavy (non-hydrogen) atoms. The van der Waals surface area contributed by atoms with Gasteiger partial charge in [0.25, 0.3) is 5.91 Å². The van der Waals surface area contributed by atoms with Gasteiger partial charge in [0.2, 0.25) is 17.7 Å². The van der Waals surface area contributed by atoms with E-state index < -0.39 is 75.7 Å². The lowest BCUT2D eigenvalue weighted by molar-refractivity contribution is -0.145. The van der Waals surface area contributed by atoms with E-state index in [2.05, 4.69) is 10.6 Å². The van der Waals surface area contributed by atoms with Gasteiger partial charge in [-0.1, -0.05) is 11.6 Å². The lowest BCUT2D eigenvalue weighted by atomic mass is 9.81. The third-order valence-electron chi connectivity index (χ3n) is 5.67. The summed E-state index contributed by atoms with van der Waals surface area (Å²) >= 11 is 17.8. The molecule has 0 aromatic heterocycles. The molecule has 186 valence electrons. The van der Waals surface area contributed by atoms with E-state index in [1.54, 1.807) is 0 Å². The van der Waals surface area contributed by atoms with Crippen LogP contribution in [0.15, 0.2) is 30.3 Å². The summed E-state index contributed by atoms with van der Waals surface area (Å²) < 4.78 is 53.9. The first-order valence-corrected chi connectivity index (χ1v) is 11.4. The number of carbonyl (C=O) groups is 3. The second-order valence-corrected chi connectivity index (χ2v) is 10.3. The molecule has 1 unspecified atom stereocenters. The highest BCUT2D eigenvalue weighted by Gasteiger charge is 2.56. The number of alkyl halides is 4. The fourth-order valence-electron chi connectivity index (χ4n) is 3.53. The summed E-state index contributed by atoms with van der Waals surface area (Å²) in [7, 11) is 0. The maximum atomic E-state index is 14.9. The number of nitrogens with one attached hydrogen (secondary N) is 3. The predicted octanol–water partition coefficient (Wildman–Crippen LogP) is 5.99. The second-order valence-electron chi connectivity index (χ2n) is 8.39. The summed E-state index contributed by atoms with van der Waals surface area (Å²) in [5.41, 5.74) is -1.33. The Morgan fingerprint density at radius 1 is 0.914 bits per heavy atom. The quantitative estimate of drug-likeness (QED) is 0.304. The van der Waals surface area contributed by atoms with Gasteiger partial charge in [-0.2, -0.15) is 0 Å². The van der Waals surface area contributed by atoms with Crippen molar-refractivity contribution in [3.63, 3.8) is 0 Å². The third kappa shape index (κ3) is 5.49. The van der Waals surface area contributed by atoms with Gasteiger partial charge in [-0.05, 0) is 36.8 Å². The van der Waals surface area contributed by atoms with Gasteiger partial charge in [0, 0.05) is 24.4 Å². The summed E-state index contributed by atoms with van der Waals surface area (Å²) in [6.45, 7) is 0. The zero-order chi connectivity index (χ0) is 25.7. The van der Waals surface area contributed by atoms with E-state index in [0.717, 1.165) is 12.1 Å².